The lowest BCUT2D eigenvalue weighted by Crippen LogP contribution is -2.00. The van der Waals surface area contributed by atoms with Crippen LogP contribution in [0, 0.1) is 0 Å². The van der Waals surface area contributed by atoms with Crippen molar-refractivity contribution in [2.24, 2.45) is 0 Å². The van der Waals surface area contributed by atoms with E-state index in [1.54, 1.807) is 0 Å². The number of rotatable bonds is 10. The van der Waals surface area contributed by atoms with E-state index in [0.717, 1.165) is 47.1 Å². The van der Waals surface area contributed by atoms with E-state index in [0.29, 0.717) is 11.6 Å². The Kier molecular flexibility index (Phi) is 8.04. The summed E-state index contributed by atoms with van der Waals surface area (Å²) in [5.74, 6) is 1.60. The van der Waals surface area contributed by atoms with E-state index >= 15 is 0 Å². The molecule has 0 saturated carbocycles. The van der Waals surface area contributed by atoms with E-state index in [9.17, 15) is 0 Å². The molecule has 0 aliphatic rings. The van der Waals surface area contributed by atoms with E-state index in [-0.39, 0.29) is 0 Å². The number of fused-ring (bicyclic) bond motifs is 1. The molecular formula is C19H24BrClO2. The van der Waals surface area contributed by atoms with Gasteiger partial charge >= 0.3 is 0 Å². The summed E-state index contributed by atoms with van der Waals surface area (Å²) in [6.07, 6.45) is 5.66. The maximum atomic E-state index is 6.42. The summed E-state index contributed by atoms with van der Waals surface area (Å²) >= 11 is 9.87. The lowest BCUT2D eigenvalue weighted by Gasteiger charge is -2.15. The van der Waals surface area contributed by atoms with Crippen molar-refractivity contribution < 1.29 is 9.47 Å². The second-order valence-corrected chi connectivity index (χ2v) is 6.73. The summed E-state index contributed by atoms with van der Waals surface area (Å²) in [6.45, 7) is 3.47. The number of ether oxygens (including phenoxy) is 2. The largest absolute Gasteiger partial charge is 0.493 e. The molecule has 4 heteroatoms. The van der Waals surface area contributed by atoms with Crippen molar-refractivity contribution in [3.63, 3.8) is 0 Å². The standard InChI is InChI=1S/C19H24BrClO2/c1-2-12-23-19-16-10-6-5-9-15(16)18(14-17(19)21)22-13-8-4-3-7-11-20/h5-6,9-10,14H,2-4,7-8,11-13H2,1H3. The van der Waals surface area contributed by atoms with Crippen LogP contribution >= 0.6 is 27.5 Å². The van der Waals surface area contributed by atoms with Crippen LogP contribution in [0.25, 0.3) is 10.8 Å². The van der Waals surface area contributed by atoms with Gasteiger partial charge in [-0.2, -0.15) is 0 Å². The smallest absolute Gasteiger partial charge is 0.145 e. The summed E-state index contributed by atoms with van der Waals surface area (Å²) < 4.78 is 11.8. The molecule has 0 spiro atoms. The van der Waals surface area contributed by atoms with Gasteiger partial charge in [-0.05, 0) is 19.3 Å². The highest BCUT2D eigenvalue weighted by atomic mass is 79.9. The SMILES string of the molecule is CCCOc1c(Cl)cc(OCCCCCCBr)c2ccccc12. The Labute approximate surface area is 152 Å². The minimum Gasteiger partial charge on any atom is -0.493 e. The van der Waals surface area contributed by atoms with Crippen molar-refractivity contribution in [1.29, 1.82) is 0 Å². The molecule has 0 bridgehead atoms. The van der Waals surface area contributed by atoms with Crippen LogP contribution in [0.1, 0.15) is 39.0 Å². The van der Waals surface area contributed by atoms with Crippen molar-refractivity contribution in [3.05, 3.63) is 35.4 Å². The Balaban J connectivity index is 2.11. The second-order valence-electron chi connectivity index (χ2n) is 5.53. The van der Waals surface area contributed by atoms with Crippen molar-refractivity contribution in [2.75, 3.05) is 18.5 Å². The summed E-state index contributed by atoms with van der Waals surface area (Å²) in [7, 11) is 0. The molecule has 0 aliphatic carbocycles. The molecule has 126 valence electrons. The molecule has 0 N–H and O–H groups in total. The molecule has 23 heavy (non-hydrogen) atoms. The average Bonchev–Trinajstić information content (AvgIpc) is 2.57. The van der Waals surface area contributed by atoms with Gasteiger partial charge in [0.15, 0.2) is 0 Å². The molecule has 2 aromatic rings. The van der Waals surface area contributed by atoms with E-state index in [2.05, 4.69) is 28.9 Å². The first-order valence-corrected chi connectivity index (χ1v) is 9.80. The minimum absolute atomic E-state index is 0.617. The zero-order valence-electron chi connectivity index (χ0n) is 13.6. The number of benzene rings is 2. The van der Waals surface area contributed by atoms with Crippen LogP contribution in [-0.4, -0.2) is 18.5 Å². The number of alkyl halides is 1. The summed E-state index contributed by atoms with van der Waals surface area (Å²) in [6, 6.07) is 10.00. The lowest BCUT2D eigenvalue weighted by molar-refractivity contribution is 0.306. The van der Waals surface area contributed by atoms with E-state index < -0.39 is 0 Å². The zero-order chi connectivity index (χ0) is 16.5. The molecule has 0 atom stereocenters. The maximum Gasteiger partial charge on any atom is 0.145 e. The van der Waals surface area contributed by atoms with Gasteiger partial charge in [-0.3, -0.25) is 0 Å². The Morgan fingerprint density at radius 2 is 1.70 bits per heavy atom. The monoisotopic (exact) mass is 398 g/mol. The fourth-order valence-corrected chi connectivity index (χ4v) is 3.14. The molecule has 0 aromatic heterocycles. The van der Waals surface area contributed by atoms with Gasteiger partial charge in [0.1, 0.15) is 11.5 Å². The molecule has 0 saturated heterocycles. The summed E-state index contributed by atoms with van der Waals surface area (Å²) in [5, 5.41) is 3.77. The number of unbranched alkanes of at least 4 members (excludes halogenated alkanes) is 3. The number of hydrogen-bond donors (Lipinski definition) is 0. The number of halogens is 2. The van der Waals surface area contributed by atoms with Crippen LogP contribution < -0.4 is 9.47 Å². The molecule has 2 nitrogen and oxygen atoms in total. The number of hydrogen-bond acceptors (Lipinski definition) is 2. The highest BCUT2D eigenvalue weighted by Crippen LogP contribution is 2.39. The lowest BCUT2D eigenvalue weighted by atomic mass is 10.1. The first-order valence-electron chi connectivity index (χ1n) is 8.30. The van der Waals surface area contributed by atoms with Gasteiger partial charge in [0, 0.05) is 22.2 Å². The van der Waals surface area contributed by atoms with Crippen LogP contribution in [-0.2, 0) is 0 Å². The van der Waals surface area contributed by atoms with Gasteiger partial charge < -0.3 is 9.47 Å². The van der Waals surface area contributed by atoms with Crippen molar-refractivity contribution >= 4 is 38.3 Å². The normalized spacial score (nSPS) is 10.9. The fourth-order valence-electron chi connectivity index (χ4n) is 2.49. The van der Waals surface area contributed by atoms with Gasteiger partial charge in [0.2, 0.25) is 0 Å². The van der Waals surface area contributed by atoms with Crippen LogP contribution in [0.3, 0.4) is 0 Å². The van der Waals surface area contributed by atoms with E-state index in [1.807, 2.05) is 24.3 Å². The third-order valence-electron chi connectivity index (χ3n) is 3.65. The molecule has 0 fully saturated rings. The highest BCUT2D eigenvalue weighted by molar-refractivity contribution is 9.09. The van der Waals surface area contributed by atoms with Gasteiger partial charge in [0.05, 0.1) is 18.2 Å². The molecule has 0 radical (unpaired) electrons. The highest BCUT2D eigenvalue weighted by Gasteiger charge is 2.12. The summed E-state index contributed by atoms with van der Waals surface area (Å²) in [4.78, 5) is 0. The second kappa shape index (κ2) is 10.0. The molecule has 0 aliphatic heterocycles. The Bertz CT molecular complexity index is 616. The maximum absolute atomic E-state index is 6.42. The van der Waals surface area contributed by atoms with Crippen LogP contribution in [0.2, 0.25) is 5.02 Å². The third kappa shape index (κ3) is 5.29. The topological polar surface area (TPSA) is 18.5 Å². The Hall–Kier alpha value is -0.930. The molecule has 0 unspecified atom stereocenters. The predicted octanol–water partition coefficient (Wildman–Crippen LogP) is 6.62. The van der Waals surface area contributed by atoms with Crippen molar-refractivity contribution in [1.82, 2.24) is 0 Å². The third-order valence-corrected chi connectivity index (χ3v) is 4.49. The van der Waals surface area contributed by atoms with Crippen molar-refractivity contribution in [2.45, 2.75) is 39.0 Å². The van der Waals surface area contributed by atoms with E-state index in [1.165, 1.54) is 19.3 Å². The van der Waals surface area contributed by atoms with Crippen LogP contribution in [0.15, 0.2) is 30.3 Å². The first-order chi connectivity index (χ1) is 11.3. The Morgan fingerprint density at radius 1 is 0.957 bits per heavy atom. The molecule has 0 amide bonds. The van der Waals surface area contributed by atoms with E-state index in [4.69, 9.17) is 21.1 Å². The van der Waals surface area contributed by atoms with Crippen LogP contribution in [0.5, 0.6) is 11.5 Å². The van der Waals surface area contributed by atoms with Gasteiger partial charge in [-0.15, -0.1) is 0 Å². The van der Waals surface area contributed by atoms with Gasteiger partial charge in [-0.25, -0.2) is 0 Å². The first kappa shape index (κ1) is 18.4. The van der Waals surface area contributed by atoms with Crippen molar-refractivity contribution in [3.8, 4) is 11.5 Å². The average molecular weight is 400 g/mol. The van der Waals surface area contributed by atoms with Gasteiger partial charge in [0.25, 0.3) is 0 Å². The zero-order valence-corrected chi connectivity index (χ0v) is 16.0. The minimum atomic E-state index is 0.617. The fraction of sp³-hybridized carbons (Fsp3) is 0.474. The summed E-state index contributed by atoms with van der Waals surface area (Å²) in [5.41, 5.74) is 0. The quantitative estimate of drug-likeness (QED) is 0.330. The Morgan fingerprint density at radius 3 is 2.43 bits per heavy atom. The molecule has 2 aromatic carbocycles. The molecule has 0 heterocycles. The van der Waals surface area contributed by atoms with Gasteiger partial charge in [-0.1, -0.05) is 71.6 Å². The molecule has 2 rings (SSSR count). The molecular weight excluding hydrogens is 376 g/mol. The predicted molar refractivity (Wildman–Crippen MR) is 103 cm³/mol. The van der Waals surface area contributed by atoms with Crippen LogP contribution in [0.4, 0.5) is 0 Å².